The number of nitrogens with one attached hydrogen (secondary N) is 2. The molecule has 0 bridgehead atoms. The number of imide groups is 1. The van der Waals surface area contributed by atoms with Crippen LogP contribution in [-0.4, -0.2) is 78.1 Å². The zero-order valence-corrected chi connectivity index (χ0v) is 31.2. The molecule has 1 aromatic heterocycles. The van der Waals surface area contributed by atoms with Crippen LogP contribution in [0.1, 0.15) is 68.7 Å². The molecule has 17 heteroatoms. The van der Waals surface area contributed by atoms with E-state index in [1.807, 2.05) is 11.6 Å². The Morgan fingerprint density at radius 3 is 2.36 bits per heavy atom. The Kier molecular flexibility index (Phi) is 12.4. The van der Waals surface area contributed by atoms with Gasteiger partial charge in [-0.25, -0.2) is 27.7 Å². The van der Waals surface area contributed by atoms with Crippen molar-refractivity contribution in [3.63, 3.8) is 0 Å². The summed E-state index contributed by atoms with van der Waals surface area (Å²) in [6.07, 6.45) is 1.70. The summed E-state index contributed by atoms with van der Waals surface area (Å²) < 4.78 is 74.2. The highest BCUT2D eigenvalue weighted by Gasteiger charge is 2.53. The molecule has 3 aliphatic rings. The van der Waals surface area contributed by atoms with Crippen LogP contribution in [0.4, 0.5) is 28.4 Å². The number of hydrogen-bond acceptors (Lipinski definition) is 9. The highest BCUT2D eigenvalue weighted by atomic mass is 32.2. The summed E-state index contributed by atoms with van der Waals surface area (Å²) in [6, 6.07) is 1.11. The molecule has 1 heterocycles. The molecular weight excluding hydrogens is 736 g/mol. The van der Waals surface area contributed by atoms with Gasteiger partial charge < -0.3 is 9.64 Å². The van der Waals surface area contributed by atoms with E-state index in [0.29, 0.717) is 43.7 Å². The van der Waals surface area contributed by atoms with E-state index in [-0.39, 0.29) is 30.0 Å². The number of thiazole rings is 1. The number of amides is 5. The average Bonchev–Trinajstić information content (AvgIpc) is 4.02. The molecule has 12 nitrogen and oxygen atoms in total. The normalized spacial score (nSPS) is 22.4. The minimum absolute atomic E-state index is 0.118. The fraction of sp³-hybridized carbons (Fsp3) is 0.528. The molecule has 5 rings (SSSR count). The summed E-state index contributed by atoms with van der Waals surface area (Å²) in [5.74, 6) is -3.71. The van der Waals surface area contributed by atoms with Crippen molar-refractivity contribution < 1.29 is 45.5 Å². The van der Waals surface area contributed by atoms with Gasteiger partial charge in [-0.3, -0.25) is 19.8 Å². The van der Waals surface area contributed by atoms with Crippen molar-refractivity contribution in [3.8, 4) is 10.6 Å². The van der Waals surface area contributed by atoms with Crippen molar-refractivity contribution in [1.82, 2.24) is 19.5 Å². The number of halogens is 3. The summed E-state index contributed by atoms with van der Waals surface area (Å²) in [7, 11) is -2.44. The third kappa shape index (κ3) is 9.65. The zero-order valence-electron chi connectivity index (χ0n) is 29.6. The molecule has 0 spiro atoms. The standard InChI is InChI=1S/C36H44F3N5O7S2/c1-5-8-9-10-15-43(4)32(45)27-18-23(19-28(27)33(46)44(30-16-21(30)6-2)34(47)42-53(49,50)25-12-13-25)51-35(48)41-29-17-22(36(37,38)39)11-14-26(29)31-40-20-24(7-3)52-31/h5-6,11,14,17,20-21,23,25,27-28,30H,1-2,7-10,12-13,15-16,18-19H2,3-4H3,(H,41,48)(H,42,47). The summed E-state index contributed by atoms with van der Waals surface area (Å²) in [5, 5.41) is 2.07. The summed E-state index contributed by atoms with van der Waals surface area (Å²) in [5.41, 5.74) is -0.949. The van der Waals surface area contributed by atoms with Gasteiger partial charge >= 0.3 is 18.3 Å². The van der Waals surface area contributed by atoms with Gasteiger partial charge in [0, 0.05) is 36.3 Å². The Hall–Kier alpha value is -4.25. The van der Waals surface area contributed by atoms with E-state index in [2.05, 4.69) is 23.5 Å². The Labute approximate surface area is 310 Å². The van der Waals surface area contributed by atoms with Crippen molar-refractivity contribution in [1.29, 1.82) is 0 Å². The number of allylic oxidation sites excluding steroid dienone is 1. The van der Waals surface area contributed by atoms with Crippen LogP contribution in [0.3, 0.4) is 0 Å². The first-order valence-electron chi connectivity index (χ1n) is 17.6. The molecule has 53 heavy (non-hydrogen) atoms. The lowest BCUT2D eigenvalue weighted by Gasteiger charge is -2.29. The second-order valence-electron chi connectivity index (χ2n) is 13.7. The largest absolute Gasteiger partial charge is 0.446 e. The smallest absolute Gasteiger partial charge is 0.416 e. The first-order valence-corrected chi connectivity index (χ1v) is 19.9. The second kappa shape index (κ2) is 16.4. The topological polar surface area (TPSA) is 155 Å². The molecule has 288 valence electrons. The van der Waals surface area contributed by atoms with Crippen molar-refractivity contribution in [2.75, 3.05) is 18.9 Å². The number of carbonyl (C=O) groups excluding carboxylic acids is 4. The van der Waals surface area contributed by atoms with Crippen LogP contribution in [-0.2, 0) is 36.9 Å². The van der Waals surface area contributed by atoms with E-state index < -0.39 is 74.9 Å². The van der Waals surface area contributed by atoms with Gasteiger partial charge in [-0.2, -0.15) is 13.2 Å². The van der Waals surface area contributed by atoms with Crippen molar-refractivity contribution in [3.05, 3.63) is 60.1 Å². The predicted octanol–water partition coefficient (Wildman–Crippen LogP) is 6.75. The number of benzene rings is 1. The molecule has 3 aliphatic carbocycles. The number of rotatable bonds is 15. The average molecular weight is 780 g/mol. The highest BCUT2D eigenvalue weighted by molar-refractivity contribution is 7.90. The molecule has 5 atom stereocenters. The van der Waals surface area contributed by atoms with E-state index in [1.165, 1.54) is 22.3 Å². The highest BCUT2D eigenvalue weighted by Crippen LogP contribution is 2.43. The fourth-order valence-electron chi connectivity index (χ4n) is 6.54. The first kappa shape index (κ1) is 39.9. The zero-order chi connectivity index (χ0) is 38.7. The molecule has 5 amide bonds. The van der Waals surface area contributed by atoms with E-state index in [4.69, 9.17) is 4.74 Å². The number of aromatic nitrogens is 1. The van der Waals surface area contributed by atoms with Gasteiger partial charge in [0.2, 0.25) is 21.8 Å². The van der Waals surface area contributed by atoms with Crippen LogP contribution >= 0.6 is 11.3 Å². The van der Waals surface area contributed by atoms with E-state index in [0.717, 1.165) is 34.8 Å². The Balaban J connectivity index is 1.39. The number of unbranched alkanes of at least 4 members (excludes halogenated alkanes) is 2. The van der Waals surface area contributed by atoms with Crippen molar-refractivity contribution in [2.24, 2.45) is 17.8 Å². The maximum atomic E-state index is 14.3. The molecule has 2 aromatic rings. The Morgan fingerprint density at radius 2 is 1.77 bits per heavy atom. The SMILES string of the molecule is C=CCCCCN(C)C(=O)C1CC(OC(=O)Nc2cc(C(F)(F)F)ccc2-c2ncc(CC)s2)CC1C(=O)N(C(=O)NS(=O)(=O)C1CC1)C1CC1C=C. The van der Waals surface area contributed by atoms with E-state index in [9.17, 15) is 40.8 Å². The fourth-order valence-corrected chi connectivity index (χ4v) is 8.69. The third-order valence-corrected chi connectivity index (χ3v) is 12.7. The van der Waals surface area contributed by atoms with Crippen LogP contribution in [0, 0.1) is 17.8 Å². The molecule has 3 saturated carbocycles. The molecule has 0 aliphatic heterocycles. The van der Waals surface area contributed by atoms with E-state index in [1.54, 1.807) is 25.4 Å². The number of ether oxygens (including phenoxy) is 1. The number of nitrogens with zero attached hydrogens (tertiary/aromatic N) is 3. The predicted molar refractivity (Wildman–Crippen MR) is 193 cm³/mol. The van der Waals surface area contributed by atoms with Crippen LogP contribution in [0.2, 0.25) is 0 Å². The maximum Gasteiger partial charge on any atom is 0.416 e. The number of hydrogen-bond donors (Lipinski definition) is 2. The molecule has 3 fully saturated rings. The number of urea groups is 1. The van der Waals surface area contributed by atoms with E-state index >= 15 is 0 Å². The lowest BCUT2D eigenvalue weighted by Crippen LogP contribution is -2.51. The van der Waals surface area contributed by atoms with Gasteiger partial charge in [-0.1, -0.05) is 19.1 Å². The molecule has 5 unspecified atom stereocenters. The molecule has 0 radical (unpaired) electrons. The summed E-state index contributed by atoms with van der Waals surface area (Å²) >= 11 is 1.26. The van der Waals surface area contributed by atoms with Gasteiger partial charge in [-0.05, 0) is 81.9 Å². The van der Waals surface area contributed by atoms with Gasteiger partial charge in [0.1, 0.15) is 11.1 Å². The summed E-state index contributed by atoms with van der Waals surface area (Å²) in [4.78, 5) is 62.5. The molecule has 0 saturated heterocycles. The molecule has 2 N–H and O–H groups in total. The lowest BCUT2D eigenvalue weighted by atomic mass is 9.93. The quantitative estimate of drug-likeness (QED) is 0.149. The molecular formula is C36H44F3N5O7S2. The number of carbonyl (C=O) groups is 4. The monoisotopic (exact) mass is 779 g/mol. The summed E-state index contributed by atoms with van der Waals surface area (Å²) in [6.45, 7) is 9.70. The Morgan fingerprint density at radius 1 is 1.08 bits per heavy atom. The number of sulfonamides is 1. The number of aryl methyl sites for hydroxylation is 1. The minimum Gasteiger partial charge on any atom is -0.446 e. The number of alkyl halides is 3. The number of anilines is 1. The molecule has 1 aromatic carbocycles. The second-order valence-corrected chi connectivity index (χ2v) is 16.8. The van der Waals surface area contributed by atoms with Gasteiger partial charge in [0.05, 0.1) is 28.3 Å². The van der Waals surface area contributed by atoms with Crippen LogP contribution < -0.4 is 10.0 Å². The van der Waals surface area contributed by atoms with Crippen LogP contribution in [0.5, 0.6) is 0 Å². The first-order chi connectivity index (χ1) is 25.1. The van der Waals surface area contributed by atoms with Gasteiger partial charge in [0.15, 0.2) is 0 Å². The van der Waals surface area contributed by atoms with Gasteiger partial charge in [-0.15, -0.1) is 24.5 Å². The van der Waals surface area contributed by atoms with Crippen molar-refractivity contribution >= 4 is 51.0 Å². The van der Waals surface area contributed by atoms with Crippen LogP contribution in [0.15, 0.2) is 49.7 Å². The third-order valence-electron chi connectivity index (χ3n) is 9.76. The van der Waals surface area contributed by atoms with Crippen molar-refractivity contribution in [2.45, 2.75) is 88.3 Å². The Bertz CT molecular complexity index is 1850. The van der Waals surface area contributed by atoms with Gasteiger partial charge in [0.25, 0.3) is 0 Å². The lowest BCUT2D eigenvalue weighted by molar-refractivity contribution is -0.143. The van der Waals surface area contributed by atoms with Crippen LogP contribution in [0.25, 0.3) is 10.6 Å². The minimum atomic E-state index is -4.71. The maximum absolute atomic E-state index is 14.3.